The van der Waals surface area contributed by atoms with Gasteiger partial charge in [-0.25, -0.2) is 4.98 Å². The topological polar surface area (TPSA) is 64.1 Å². The fourth-order valence-electron chi connectivity index (χ4n) is 5.26. The summed E-state index contributed by atoms with van der Waals surface area (Å²) in [6.07, 6.45) is 12.4. The molecule has 0 aliphatic heterocycles. The maximum absolute atomic E-state index is 9.16. The van der Waals surface area contributed by atoms with Gasteiger partial charge in [0.25, 0.3) is 0 Å². The molecule has 4 fully saturated rings. The van der Waals surface area contributed by atoms with Crippen molar-refractivity contribution in [3.63, 3.8) is 0 Å². The Labute approximate surface area is 114 Å². The van der Waals surface area contributed by atoms with Gasteiger partial charge in [-0.05, 0) is 56.3 Å². The largest absolute Gasteiger partial charge is 0.394 e. The Balaban J connectivity index is 1.66. The van der Waals surface area contributed by atoms with Crippen molar-refractivity contribution in [2.45, 2.75) is 50.1 Å². The molecule has 1 heterocycles. The van der Waals surface area contributed by atoms with E-state index in [0.717, 1.165) is 23.4 Å². The van der Waals surface area contributed by atoms with Crippen LogP contribution in [0.3, 0.4) is 0 Å². The van der Waals surface area contributed by atoms with Crippen LogP contribution in [-0.4, -0.2) is 21.3 Å². The molecule has 0 saturated heterocycles. The maximum atomic E-state index is 9.16. The van der Waals surface area contributed by atoms with Gasteiger partial charge in [0, 0.05) is 11.7 Å². The first-order valence-electron chi connectivity index (χ1n) is 7.59. The number of hydrogen-bond acceptors (Lipinski definition) is 3. The van der Waals surface area contributed by atoms with Crippen LogP contribution < -0.4 is 5.73 Å². The van der Waals surface area contributed by atoms with E-state index in [4.69, 9.17) is 10.8 Å². The number of rotatable bonds is 3. The quantitative estimate of drug-likeness (QED) is 0.872. The van der Waals surface area contributed by atoms with Gasteiger partial charge >= 0.3 is 0 Å². The minimum Gasteiger partial charge on any atom is -0.394 e. The number of nitrogens with zero attached hydrogens (tertiary/aromatic N) is 2. The fraction of sp³-hybridized carbons (Fsp3) is 0.800. The van der Waals surface area contributed by atoms with Crippen LogP contribution in [0.5, 0.6) is 0 Å². The third kappa shape index (κ3) is 1.77. The molecule has 1 aromatic heterocycles. The van der Waals surface area contributed by atoms with Crippen LogP contribution in [0, 0.1) is 17.8 Å². The second-order valence-electron chi connectivity index (χ2n) is 7.14. The molecule has 0 amide bonds. The molecule has 19 heavy (non-hydrogen) atoms. The zero-order valence-electron chi connectivity index (χ0n) is 11.3. The number of nitrogens with two attached hydrogens (primary N) is 1. The van der Waals surface area contributed by atoms with Crippen LogP contribution in [0.15, 0.2) is 12.5 Å². The van der Waals surface area contributed by atoms with Gasteiger partial charge in [-0.1, -0.05) is 0 Å². The minimum atomic E-state index is -0.338. The number of aliphatic hydroxyl groups is 1. The molecule has 3 N–H and O–H groups in total. The van der Waals surface area contributed by atoms with E-state index < -0.39 is 0 Å². The molecule has 1 unspecified atom stereocenters. The van der Waals surface area contributed by atoms with E-state index in [1.807, 2.05) is 6.33 Å². The lowest BCUT2D eigenvalue weighted by Gasteiger charge is -2.57. The van der Waals surface area contributed by atoms with E-state index in [1.165, 1.54) is 38.5 Å². The lowest BCUT2D eigenvalue weighted by atomic mass is 9.53. The Morgan fingerprint density at radius 1 is 1.26 bits per heavy atom. The van der Waals surface area contributed by atoms with Crippen molar-refractivity contribution >= 4 is 0 Å². The predicted octanol–water partition coefficient (Wildman–Crippen LogP) is 1.80. The van der Waals surface area contributed by atoms with Gasteiger partial charge in [-0.15, -0.1) is 0 Å². The number of imidazole rings is 1. The Hall–Kier alpha value is -0.870. The second-order valence-corrected chi connectivity index (χ2v) is 7.14. The molecule has 4 bridgehead atoms. The third-order valence-electron chi connectivity index (χ3n) is 5.73. The molecule has 1 aromatic rings. The Morgan fingerprint density at radius 3 is 2.37 bits per heavy atom. The van der Waals surface area contributed by atoms with Crippen molar-refractivity contribution in [3.05, 3.63) is 18.2 Å². The minimum absolute atomic E-state index is 0.0299. The van der Waals surface area contributed by atoms with Crippen molar-refractivity contribution in [2.75, 3.05) is 6.61 Å². The third-order valence-corrected chi connectivity index (χ3v) is 5.73. The molecule has 4 heteroatoms. The first kappa shape index (κ1) is 11.9. The van der Waals surface area contributed by atoms with Gasteiger partial charge in [0.1, 0.15) is 0 Å². The second kappa shape index (κ2) is 4.06. The summed E-state index contributed by atoms with van der Waals surface area (Å²) in [4.78, 5) is 4.42. The van der Waals surface area contributed by atoms with Crippen LogP contribution in [0.4, 0.5) is 0 Å². The van der Waals surface area contributed by atoms with E-state index >= 15 is 0 Å². The fourth-order valence-corrected chi connectivity index (χ4v) is 5.26. The molecule has 104 valence electrons. The summed E-state index contributed by atoms with van der Waals surface area (Å²) < 4.78 is 2.34. The lowest BCUT2D eigenvalue weighted by Crippen LogP contribution is -2.51. The Morgan fingerprint density at radius 2 is 1.84 bits per heavy atom. The molecule has 0 aromatic carbocycles. The van der Waals surface area contributed by atoms with Crippen molar-refractivity contribution < 1.29 is 5.11 Å². The van der Waals surface area contributed by atoms with Crippen LogP contribution in [-0.2, 0) is 5.54 Å². The van der Waals surface area contributed by atoms with E-state index in [-0.39, 0.29) is 12.6 Å². The van der Waals surface area contributed by atoms with Crippen LogP contribution >= 0.6 is 0 Å². The monoisotopic (exact) mass is 261 g/mol. The molecule has 4 nitrogen and oxygen atoms in total. The van der Waals surface area contributed by atoms with Crippen molar-refractivity contribution in [1.82, 2.24) is 9.55 Å². The molecule has 1 atom stereocenters. The van der Waals surface area contributed by atoms with E-state index in [1.54, 1.807) is 0 Å². The summed E-state index contributed by atoms with van der Waals surface area (Å²) in [6, 6.07) is -0.338. The smallest absolute Gasteiger partial charge is 0.0955 e. The summed E-state index contributed by atoms with van der Waals surface area (Å²) >= 11 is 0. The van der Waals surface area contributed by atoms with Crippen LogP contribution in [0.25, 0.3) is 0 Å². The van der Waals surface area contributed by atoms with E-state index in [0.29, 0.717) is 5.54 Å². The van der Waals surface area contributed by atoms with Gasteiger partial charge in [-0.2, -0.15) is 0 Å². The molecule has 0 spiro atoms. The van der Waals surface area contributed by atoms with Crippen molar-refractivity contribution in [2.24, 2.45) is 23.5 Å². The lowest BCUT2D eigenvalue weighted by molar-refractivity contribution is -0.0431. The number of hydrogen-bond donors (Lipinski definition) is 2. The highest BCUT2D eigenvalue weighted by atomic mass is 16.3. The molecule has 5 rings (SSSR count). The number of aliphatic hydroxyl groups excluding tert-OH is 1. The van der Waals surface area contributed by atoms with Gasteiger partial charge in [-0.3, -0.25) is 0 Å². The van der Waals surface area contributed by atoms with E-state index in [2.05, 4.69) is 15.7 Å². The summed E-state index contributed by atoms with van der Waals surface area (Å²) in [5, 5.41) is 9.16. The highest BCUT2D eigenvalue weighted by molar-refractivity contribution is 5.11. The molecule has 0 radical (unpaired) electrons. The highest BCUT2D eigenvalue weighted by Gasteiger charge is 2.51. The average Bonchev–Trinajstić information content (AvgIpc) is 2.86. The van der Waals surface area contributed by atoms with Gasteiger partial charge < -0.3 is 15.4 Å². The van der Waals surface area contributed by atoms with Gasteiger partial charge in [0.15, 0.2) is 0 Å². The SMILES string of the molecule is NC(CO)c1cn(C23CC4CC(CC(C4)C2)C3)cn1. The molecule has 4 aliphatic carbocycles. The predicted molar refractivity (Wildman–Crippen MR) is 72.4 cm³/mol. The Bertz CT molecular complexity index is 446. The first-order chi connectivity index (χ1) is 9.18. The van der Waals surface area contributed by atoms with Gasteiger partial charge in [0.05, 0.1) is 24.7 Å². The zero-order valence-corrected chi connectivity index (χ0v) is 11.3. The molecular formula is C15H23N3O. The van der Waals surface area contributed by atoms with Gasteiger partial charge in [0.2, 0.25) is 0 Å². The van der Waals surface area contributed by atoms with E-state index in [9.17, 15) is 0 Å². The van der Waals surface area contributed by atoms with Crippen LogP contribution in [0.1, 0.15) is 50.3 Å². The molecule has 4 aliphatic rings. The highest BCUT2D eigenvalue weighted by Crippen LogP contribution is 2.58. The molecule has 4 saturated carbocycles. The summed E-state index contributed by atoms with van der Waals surface area (Å²) in [5.74, 6) is 2.80. The zero-order chi connectivity index (χ0) is 13.0. The van der Waals surface area contributed by atoms with Crippen LogP contribution in [0.2, 0.25) is 0 Å². The Kier molecular flexibility index (Phi) is 2.55. The number of aromatic nitrogens is 2. The standard InChI is InChI=1S/C15H23N3O/c16-13(8-19)14-7-18(9-17-14)15-4-10-1-11(5-15)3-12(2-10)6-15/h7,9-13,19H,1-6,8,16H2. The maximum Gasteiger partial charge on any atom is 0.0955 e. The summed E-state index contributed by atoms with van der Waals surface area (Å²) in [7, 11) is 0. The average molecular weight is 261 g/mol. The van der Waals surface area contributed by atoms with Crippen molar-refractivity contribution in [1.29, 1.82) is 0 Å². The summed E-state index contributed by atoms with van der Waals surface area (Å²) in [5.41, 5.74) is 7.02. The molecular weight excluding hydrogens is 238 g/mol. The summed E-state index contributed by atoms with van der Waals surface area (Å²) in [6.45, 7) is -0.0299. The van der Waals surface area contributed by atoms with Crippen molar-refractivity contribution in [3.8, 4) is 0 Å². The normalized spacial score (nSPS) is 41.7. The first-order valence-corrected chi connectivity index (χ1v) is 7.59.